The molecule has 0 unspecified atom stereocenters. The van der Waals surface area contributed by atoms with E-state index in [0.29, 0.717) is 31.0 Å². The topological polar surface area (TPSA) is 58.6 Å². The van der Waals surface area contributed by atoms with Crippen LogP contribution in [-0.2, 0) is 22.6 Å². The van der Waals surface area contributed by atoms with Crippen LogP contribution in [0.4, 0.5) is 0 Å². The normalized spacial score (nSPS) is 12.4. The molecule has 0 aliphatic heterocycles. The number of rotatable bonds is 13. The van der Waals surface area contributed by atoms with Gasteiger partial charge in [0.2, 0.25) is 11.8 Å². The molecule has 0 aliphatic carbocycles. The van der Waals surface area contributed by atoms with Crippen LogP contribution in [0.5, 0.6) is 5.75 Å². The average molecular weight is 507 g/mol. The molecular weight excluding hydrogens is 472 g/mol. The van der Waals surface area contributed by atoms with E-state index in [2.05, 4.69) is 5.32 Å². The summed E-state index contributed by atoms with van der Waals surface area (Å²) in [5, 5.41) is 3.68. The van der Waals surface area contributed by atoms with E-state index in [1.54, 1.807) is 11.0 Å². The van der Waals surface area contributed by atoms with Crippen LogP contribution in [0.25, 0.3) is 0 Å². The van der Waals surface area contributed by atoms with Gasteiger partial charge in [-0.25, -0.2) is 0 Å². The fourth-order valence-electron chi connectivity index (χ4n) is 3.90. The van der Waals surface area contributed by atoms with Gasteiger partial charge < -0.3 is 15.0 Å². The van der Waals surface area contributed by atoms with E-state index in [4.69, 9.17) is 16.3 Å². The molecule has 0 fully saturated rings. The molecule has 5 nitrogen and oxygen atoms in total. The highest BCUT2D eigenvalue weighted by atomic mass is 35.5. The molecule has 3 rings (SSSR count). The predicted octanol–water partition coefficient (Wildman–Crippen LogP) is 6.05. The van der Waals surface area contributed by atoms with Gasteiger partial charge in [0.1, 0.15) is 11.8 Å². The van der Waals surface area contributed by atoms with Crippen molar-refractivity contribution in [3.63, 3.8) is 0 Å². The van der Waals surface area contributed by atoms with E-state index in [1.807, 2.05) is 92.7 Å². The van der Waals surface area contributed by atoms with Gasteiger partial charge >= 0.3 is 0 Å². The van der Waals surface area contributed by atoms with E-state index >= 15 is 0 Å². The molecule has 0 saturated heterocycles. The molecule has 36 heavy (non-hydrogen) atoms. The summed E-state index contributed by atoms with van der Waals surface area (Å²) < 4.78 is 5.77. The Morgan fingerprint density at radius 2 is 1.61 bits per heavy atom. The van der Waals surface area contributed by atoms with Gasteiger partial charge in [-0.2, -0.15) is 0 Å². The Bertz CT molecular complexity index is 1090. The van der Waals surface area contributed by atoms with Crippen LogP contribution in [0.15, 0.2) is 84.9 Å². The summed E-state index contributed by atoms with van der Waals surface area (Å²) in [5.41, 5.74) is 1.88. The summed E-state index contributed by atoms with van der Waals surface area (Å²) in [6.07, 6.45) is 2.05. The second-order valence-electron chi connectivity index (χ2n) is 8.94. The SMILES string of the molecule is CC[C@@H](C)NC(=O)[C@@H](Cc1ccccc1)N(Cc1cccc(Cl)c1)C(=O)CCCOc1ccccc1. The first-order valence-corrected chi connectivity index (χ1v) is 12.9. The fourth-order valence-corrected chi connectivity index (χ4v) is 4.11. The van der Waals surface area contributed by atoms with Gasteiger partial charge in [-0.05, 0) is 55.2 Å². The highest BCUT2D eigenvalue weighted by Gasteiger charge is 2.30. The summed E-state index contributed by atoms with van der Waals surface area (Å²) in [7, 11) is 0. The Balaban J connectivity index is 1.80. The van der Waals surface area contributed by atoms with Crippen LogP contribution in [-0.4, -0.2) is 35.4 Å². The zero-order valence-corrected chi connectivity index (χ0v) is 21.8. The Morgan fingerprint density at radius 3 is 2.28 bits per heavy atom. The maximum atomic E-state index is 13.6. The van der Waals surface area contributed by atoms with E-state index in [1.165, 1.54) is 0 Å². The Labute approximate surface area is 219 Å². The van der Waals surface area contributed by atoms with Crippen molar-refractivity contribution in [3.8, 4) is 5.75 Å². The molecule has 3 aromatic rings. The zero-order valence-electron chi connectivity index (χ0n) is 21.0. The number of hydrogen-bond donors (Lipinski definition) is 1. The number of nitrogens with zero attached hydrogens (tertiary/aromatic N) is 1. The van der Waals surface area contributed by atoms with E-state index in [-0.39, 0.29) is 24.3 Å². The van der Waals surface area contributed by atoms with Crippen LogP contribution in [0.2, 0.25) is 5.02 Å². The first-order chi connectivity index (χ1) is 17.5. The minimum atomic E-state index is -0.650. The lowest BCUT2D eigenvalue weighted by molar-refractivity contribution is -0.141. The number of ether oxygens (including phenoxy) is 1. The molecule has 0 radical (unpaired) electrons. The fraction of sp³-hybridized carbons (Fsp3) is 0.333. The largest absolute Gasteiger partial charge is 0.494 e. The van der Waals surface area contributed by atoms with E-state index < -0.39 is 6.04 Å². The Hall–Kier alpha value is -3.31. The van der Waals surface area contributed by atoms with Gasteiger partial charge in [0.25, 0.3) is 0 Å². The van der Waals surface area contributed by atoms with Crippen LogP contribution in [0.3, 0.4) is 0 Å². The van der Waals surface area contributed by atoms with Gasteiger partial charge in [-0.1, -0.05) is 79.2 Å². The number of benzene rings is 3. The zero-order chi connectivity index (χ0) is 25.8. The van der Waals surface area contributed by atoms with Crippen molar-refractivity contribution >= 4 is 23.4 Å². The third-order valence-corrected chi connectivity index (χ3v) is 6.30. The molecular formula is C30H35ClN2O3. The smallest absolute Gasteiger partial charge is 0.243 e. The summed E-state index contributed by atoms with van der Waals surface area (Å²) in [4.78, 5) is 28.8. The van der Waals surface area contributed by atoms with Gasteiger partial charge in [0.05, 0.1) is 6.61 Å². The van der Waals surface area contributed by atoms with Gasteiger partial charge in [-0.15, -0.1) is 0 Å². The lowest BCUT2D eigenvalue weighted by Gasteiger charge is -2.32. The molecule has 0 aliphatic rings. The third-order valence-electron chi connectivity index (χ3n) is 6.06. The van der Waals surface area contributed by atoms with Crippen LogP contribution >= 0.6 is 11.6 Å². The van der Waals surface area contributed by atoms with E-state index in [0.717, 1.165) is 23.3 Å². The summed E-state index contributed by atoms with van der Waals surface area (Å²) in [6, 6.07) is 26.1. The minimum absolute atomic E-state index is 0.0122. The van der Waals surface area contributed by atoms with Crippen molar-refractivity contribution in [2.75, 3.05) is 6.61 Å². The lowest BCUT2D eigenvalue weighted by Crippen LogP contribution is -2.52. The van der Waals surface area contributed by atoms with Crippen molar-refractivity contribution in [3.05, 3.63) is 101 Å². The van der Waals surface area contributed by atoms with Gasteiger partial charge in [0.15, 0.2) is 0 Å². The number of carbonyl (C=O) groups is 2. The monoisotopic (exact) mass is 506 g/mol. The van der Waals surface area contributed by atoms with E-state index in [9.17, 15) is 9.59 Å². The predicted molar refractivity (Wildman–Crippen MR) is 145 cm³/mol. The quantitative estimate of drug-likeness (QED) is 0.287. The Morgan fingerprint density at radius 1 is 0.944 bits per heavy atom. The van der Waals surface area contributed by atoms with Gasteiger partial charge in [0, 0.05) is 30.5 Å². The molecule has 0 heterocycles. The highest BCUT2D eigenvalue weighted by Crippen LogP contribution is 2.19. The van der Waals surface area contributed by atoms with Crippen molar-refractivity contribution in [2.24, 2.45) is 0 Å². The van der Waals surface area contributed by atoms with Crippen LogP contribution in [0.1, 0.15) is 44.2 Å². The molecule has 2 atom stereocenters. The molecule has 0 saturated carbocycles. The van der Waals surface area contributed by atoms with Crippen LogP contribution in [0, 0.1) is 0 Å². The van der Waals surface area contributed by atoms with Crippen LogP contribution < -0.4 is 10.1 Å². The summed E-state index contributed by atoms with van der Waals surface area (Å²) >= 11 is 6.23. The highest BCUT2D eigenvalue weighted by molar-refractivity contribution is 6.30. The third kappa shape index (κ3) is 8.72. The second-order valence-corrected chi connectivity index (χ2v) is 9.38. The number of halogens is 1. The number of hydrogen-bond acceptors (Lipinski definition) is 3. The average Bonchev–Trinajstić information content (AvgIpc) is 2.89. The molecule has 3 aromatic carbocycles. The molecule has 0 spiro atoms. The summed E-state index contributed by atoms with van der Waals surface area (Å²) in [6.45, 7) is 4.72. The van der Waals surface area contributed by atoms with Crippen molar-refractivity contribution in [1.29, 1.82) is 0 Å². The van der Waals surface area contributed by atoms with Crippen molar-refractivity contribution in [2.45, 2.75) is 58.2 Å². The number of para-hydroxylation sites is 1. The maximum absolute atomic E-state index is 13.6. The van der Waals surface area contributed by atoms with Crippen molar-refractivity contribution in [1.82, 2.24) is 10.2 Å². The molecule has 0 aromatic heterocycles. The molecule has 6 heteroatoms. The number of nitrogens with one attached hydrogen (secondary N) is 1. The van der Waals surface area contributed by atoms with Gasteiger partial charge in [-0.3, -0.25) is 9.59 Å². The van der Waals surface area contributed by atoms with Crippen molar-refractivity contribution < 1.29 is 14.3 Å². The minimum Gasteiger partial charge on any atom is -0.494 e. The second kappa shape index (κ2) is 14.3. The first kappa shape index (κ1) is 27.3. The maximum Gasteiger partial charge on any atom is 0.243 e. The molecule has 0 bridgehead atoms. The molecule has 2 amide bonds. The first-order valence-electron chi connectivity index (χ1n) is 12.5. The summed E-state index contributed by atoms with van der Waals surface area (Å²) in [5.74, 6) is 0.534. The Kier molecular flexibility index (Phi) is 10.8. The lowest BCUT2D eigenvalue weighted by atomic mass is 10.0. The molecule has 1 N–H and O–H groups in total. The standard InChI is InChI=1S/C30H35ClN2O3/c1-3-23(2)32-30(35)28(21-24-12-6-4-7-13-24)33(22-25-14-10-15-26(31)20-25)29(34)18-11-19-36-27-16-8-5-9-17-27/h4-10,12-17,20,23,28H,3,11,18-19,21-22H2,1-2H3,(H,32,35)/t23-,28-/m1/s1. The number of amides is 2. The molecule has 190 valence electrons. The number of carbonyl (C=O) groups excluding carboxylic acids is 2.